The molecule has 0 fully saturated rings. The summed E-state index contributed by atoms with van der Waals surface area (Å²) in [6.45, 7) is 0. The Bertz CT molecular complexity index is 2260. The summed E-state index contributed by atoms with van der Waals surface area (Å²) in [6, 6.07) is 53.9. The van der Waals surface area contributed by atoms with Crippen LogP contribution in [0.3, 0.4) is 0 Å². The van der Waals surface area contributed by atoms with Crippen LogP contribution in [-0.4, -0.2) is 19.9 Å². The average Bonchev–Trinajstić information content (AvgIpc) is 3.11. The predicted octanol–water partition coefficient (Wildman–Crippen LogP) is 9.91. The molecule has 0 aliphatic carbocycles. The van der Waals surface area contributed by atoms with Crippen LogP contribution >= 0.6 is 0 Å². The molecule has 0 spiro atoms. The van der Waals surface area contributed by atoms with Crippen molar-refractivity contribution < 1.29 is 0 Å². The Morgan fingerprint density at radius 1 is 0.273 bits per heavy atom. The second-order valence-electron chi connectivity index (χ2n) is 10.7. The van der Waals surface area contributed by atoms with Crippen molar-refractivity contribution in [3.05, 3.63) is 158 Å². The van der Waals surface area contributed by atoms with Gasteiger partial charge in [-0.3, -0.25) is 0 Å². The number of nitrogens with zero attached hydrogens (tertiary/aromatic N) is 4. The van der Waals surface area contributed by atoms with Gasteiger partial charge in [-0.2, -0.15) is 0 Å². The monoisotopic (exact) mass is 562 g/mol. The molecule has 0 N–H and O–H groups in total. The SMILES string of the molecule is c1ccc(-c2ccc(-c3nc(-c4cccc(-c5nc(-c6ccccc6)c6ccccc6n5)c4)nc4ccccc34)cc2)cc1. The lowest BCUT2D eigenvalue weighted by Gasteiger charge is -2.12. The molecule has 6 aromatic carbocycles. The van der Waals surface area contributed by atoms with Crippen LogP contribution in [-0.2, 0) is 0 Å². The van der Waals surface area contributed by atoms with Gasteiger partial charge in [0, 0.05) is 33.0 Å². The van der Waals surface area contributed by atoms with Gasteiger partial charge in [0.15, 0.2) is 11.6 Å². The molecule has 8 aromatic rings. The van der Waals surface area contributed by atoms with E-state index in [1.165, 1.54) is 11.1 Å². The van der Waals surface area contributed by atoms with E-state index in [2.05, 4.69) is 84.9 Å². The number of hydrogen-bond acceptors (Lipinski definition) is 4. The third-order valence-corrected chi connectivity index (χ3v) is 7.90. The topological polar surface area (TPSA) is 51.6 Å². The van der Waals surface area contributed by atoms with Crippen LogP contribution in [0.25, 0.3) is 78.2 Å². The summed E-state index contributed by atoms with van der Waals surface area (Å²) in [6.07, 6.45) is 0. The Hall–Kier alpha value is -6.00. The minimum Gasteiger partial charge on any atom is -0.228 e. The summed E-state index contributed by atoms with van der Waals surface area (Å²) in [7, 11) is 0. The van der Waals surface area contributed by atoms with Gasteiger partial charge in [-0.15, -0.1) is 0 Å². The second kappa shape index (κ2) is 11.0. The first-order chi connectivity index (χ1) is 21.8. The van der Waals surface area contributed by atoms with Crippen molar-refractivity contribution in [2.75, 3.05) is 0 Å². The second-order valence-corrected chi connectivity index (χ2v) is 10.7. The molecule has 0 amide bonds. The quantitative estimate of drug-likeness (QED) is 0.209. The molecule has 2 aromatic heterocycles. The highest BCUT2D eigenvalue weighted by Crippen LogP contribution is 2.33. The van der Waals surface area contributed by atoms with Crippen LogP contribution < -0.4 is 0 Å². The zero-order valence-electron chi connectivity index (χ0n) is 23.8. The van der Waals surface area contributed by atoms with E-state index in [1.807, 2.05) is 72.8 Å². The molecule has 206 valence electrons. The van der Waals surface area contributed by atoms with Crippen LogP contribution in [0.15, 0.2) is 158 Å². The number of aromatic nitrogens is 4. The molecular formula is C40H26N4. The Morgan fingerprint density at radius 2 is 0.659 bits per heavy atom. The largest absolute Gasteiger partial charge is 0.228 e. The van der Waals surface area contributed by atoms with Crippen LogP contribution in [0.1, 0.15) is 0 Å². The molecule has 4 nitrogen and oxygen atoms in total. The van der Waals surface area contributed by atoms with E-state index in [1.54, 1.807) is 0 Å². The fourth-order valence-electron chi connectivity index (χ4n) is 5.70. The van der Waals surface area contributed by atoms with E-state index in [9.17, 15) is 0 Å². The molecule has 0 unspecified atom stereocenters. The highest BCUT2D eigenvalue weighted by atomic mass is 14.9. The third-order valence-electron chi connectivity index (χ3n) is 7.90. The molecule has 0 saturated heterocycles. The summed E-state index contributed by atoms with van der Waals surface area (Å²) in [5.41, 5.74) is 9.92. The first-order valence-corrected chi connectivity index (χ1v) is 14.7. The maximum atomic E-state index is 5.14. The maximum Gasteiger partial charge on any atom is 0.160 e. The zero-order valence-corrected chi connectivity index (χ0v) is 23.8. The van der Waals surface area contributed by atoms with E-state index in [0.29, 0.717) is 11.6 Å². The number of rotatable bonds is 5. The van der Waals surface area contributed by atoms with E-state index in [4.69, 9.17) is 19.9 Å². The minimum absolute atomic E-state index is 0.664. The number of para-hydroxylation sites is 2. The van der Waals surface area contributed by atoms with Crippen molar-refractivity contribution in [1.29, 1.82) is 0 Å². The molecular weight excluding hydrogens is 536 g/mol. The standard InChI is InChI=1S/C40H26N4/c1-3-12-27(13-4-1)28-22-24-30(25-23-28)38-34-19-8-10-21-36(34)42-40(44-38)32-17-11-16-31(26-32)39-41-35-20-9-7-18-33(35)37(43-39)29-14-5-2-6-15-29/h1-26H. The fraction of sp³-hybridized carbons (Fsp3) is 0. The summed E-state index contributed by atoms with van der Waals surface area (Å²) >= 11 is 0. The van der Waals surface area contributed by atoms with Crippen molar-refractivity contribution in [1.82, 2.24) is 19.9 Å². The van der Waals surface area contributed by atoms with Crippen LogP contribution in [0, 0.1) is 0 Å². The van der Waals surface area contributed by atoms with Crippen molar-refractivity contribution in [3.8, 4) is 56.4 Å². The first kappa shape index (κ1) is 25.7. The molecule has 0 radical (unpaired) electrons. The Balaban J connectivity index is 1.24. The first-order valence-electron chi connectivity index (χ1n) is 14.7. The predicted molar refractivity (Wildman–Crippen MR) is 180 cm³/mol. The van der Waals surface area contributed by atoms with Crippen molar-refractivity contribution in [3.63, 3.8) is 0 Å². The van der Waals surface area contributed by atoms with Crippen molar-refractivity contribution in [2.45, 2.75) is 0 Å². The molecule has 0 atom stereocenters. The lowest BCUT2D eigenvalue weighted by Crippen LogP contribution is -1.97. The van der Waals surface area contributed by atoms with Gasteiger partial charge in [-0.1, -0.05) is 140 Å². The Kier molecular flexibility index (Phi) is 6.43. The van der Waals surface area contributed by atoms with Crippen LogP contribution in [0.5, 0.6) is 0 Å². The van der Waals surface area contributed by atoms with Gasteiger partial charge < -0.3 is 0 Å². The Labute approximate surface area is 255 Å². The van der Waals surface area contributed by atoms with Gasteiger partial charge >= 0.3 is 0 Å². The molecule has 0 bridgehead atoms. The smallest absolute Gasteiger partial charge is 0.160 e. The summed E-state index contributed by atoms with van der Waals surface area (Å²) in [5.74, 6) is 1.33. The maximum absolute atomic E-state index is 5.14. The van der Waals surface area contributed by atoms with Crippen LogP contribution in [0.4, 0.5) is 0 Å². The van der Waals surface area contributed by atoms with Gasteiger partial charge in [0.2, 0.25) is 0 Å². The lowest BCUT2D eigenvalue weighted by molar-refractivity contribution is 1.21. The van der Waals surface area contributed by atoms with E-state index in [-0.39, 0.29) is 0 Å². The highest BCUT2D eigenvalue weighted by Gasteiger charge is 2.15. The van der Waals surface area contributed by atoms with E-state index in [0.717, 1.165) is 55.4 Å². The zero-order chi connectivity index (χ0) is 29.3. The molecule has 0 aliphatic rings. The number of benzene rings is 6. The van der Waals surface area contributed by atoms with Gasteiger partial charge in [0.05, 0.1) is 22.4 Å². The van der Waals surface area contributed by atoms with Crippen molar-refractivity contribution in [2.24, 2.45) is 0 Å². The average molecular weight is 563 g/mol. The van der Waals surface area contributed by atoms with E-state index >= 15 is 0 Å². The van der Waals surface area contributed by atoms with E-state index < -0.39 is 0 Å². The molecule has 0 saturated carbocycles. The summed E-state index contributed by atoms with van der Waals surface area (Å²) in [4.78, 5) is 20.2. The molecule has 44 heavy (non-hydrogen) atoms. The normalized spacial score (nSPS) is 11.2. The highest BCUT2D eigenvalue weighted by molar-refractivity contribution is 5.95. The third kappa shape index (κ3) is 4.79. The van der Waals surface area contributed by atoms with Gasteiger partial charge in [0.1, 0.15) is 0 Å². The molecule has 2 heterocycles. The minimum atomic E-state index is 0.664. The summed E-state index contributed by atoms with van der Waals surface area (Å²) < 4.78 is 0. The summed E-state index contributed by atoms with van der Waals surface area (Å²) in [5, 5.41) is 2.05. The van der Waals surface area contributed by atoms with Gasteiger partial charge in [-0.05, 0) is 29.3 Å². The Morgan fingerprint density at radius 3 is 1.20 bits per heavy atom. The van der Waals surface area contributed by atoms with Crippen molar-refractivity contribution >= 4 is 21.8 Å². The molecule has 8 rings (SSSR count). The number of hydrogen-bond donors (Lipinski definition) is 0. The number of fused-ring (bicyclic) bond motifs is 2. The van der Waals surface area contributed by atoms with Gasteiger partial charge in [-0.25, -0.2) is 19.9 Å². The molecule has 0 aliphatic heterocycles. The molecule has 4 heteroatoms. The fourth-order valence-corrected chi connectivity index (χ4v) is 5.70. The lowest BCUT2D eigenvalue weighted by atomic mass is 10.0. The van der Waals surface area contributed by atoms with Crippen LogP contribution in [0.2, 0.25) is 0 Å². The van der Waals surface area contributed by atoms with Gasteiger partial charge in [0.25, 0.3) is 0 Å².